The number of nitrogen functional groups attached to an aromatic ring is 1. The Balaban J connectivity index is 2.16. The van der Waals surface area contributed by atoms with Crippen molar-refractivity contribution in [1.82, 2.24) is 4.98 Å². The lowest BCUT2D eigenvalue weighted by atomic mass is 10.3. The molecule has 4 heteroatoms. The van der Waals surface area contributed by atoms with E-state index in [-0.39, 0.29) is 0 Å². The molecule has 2 rings (SSSR count). The van der Waals surface area contributed by atoms with Crippen LogP contribution in [-0.4, -0.2) is 11.5 Å². The zero-order chi connectivity index (χ0) is 11.4. The summed E-state index contributed by atoms with van der Waals surface area (Å²) >= 11 is 0. The number of aromatic nitrogens is 1. The Labute approximate surface area is 94.7 Å². The summed E-state index contributed by atoms with van der Waals surface area (Å²) in [4.78, 5) is 6.24. The van der Waals surface area contributed by atoms with Gasteiger partial charge >= 0.3 is 0 Å². The van der Waals surface area contributed by atoms with E-state index in [1.165, 1.54) is 0 Å². The predicted molar refractivity (Wildman–Crippen MR) is 64.1 cm³/mol. The lowest BCUT2D eigenvalue weighted by molar-refractivity contribution is 0.503. The normalized spacial score (nSPS) is 10.3. The first kappa shape index (κ1) is 10.5. The van der Waals surface area contributed by atoms with E-state index in [4.69, 9.17) is 10.2 Å². The average molecular weight is 217 g/mol. The summed E-state index contributed by atoms with van der Waals surface area (Å²) in [6, 6.07) is 5.77. The zero-order valence-corrected chi connectivity index (χ0v) is 9.26. The third kappa shape index (κ3) is 2.34. The topological polar surface area (TPSA) is 55.3 Å². The quantitative estimate of drug-likeness (QED) is 0.853. The lowest BCUT2D eigenvalue weighted by Gasteiger charge is -2.21. The van der Waals surface area contributed by atoms with Gasteiger partial charge in [-0.25, -0.2) is 0 Å². The molecule has 0 aromatic carbocycles. The van der Waals surface area contributed by atoms with E-state index in [1.807, 2.05) is 24.4 Å². The Kier molecular flexibility index (Phi) is 3.10. The highest BCUT2D eigenvalue weighted by molar-refractivity contribution is 5.53. The number of anilines is 2. The maximum Gasteiger partial charge on any atom is 0.123 e. The second-order valence-electron chi connectivity index (χ2n) is 3.57. The molecule has 2 N–H and O–H groups in total. The number of pyridine rings is 1. The van der Waals surface area contributed by atoms with Gasteiger partial charge in [0.15, 0.2) is 0 Å². The molecule has 0 atom stereocenters. The van der Waals surface area contributed by atoms with Crippen molar-refractivity contribution in [3.8, 4) is 0 Å². The third-order valence-corrected chi connectivity index (χ3v) is 2.42. The highest BCUT2D eigenvalue weighted by Gasteiger charge is 2.07. The van der Waals surface area contributed by atoms with E-state index < -0.39 is 0 Å². The molecule has 84 valence electrons. The molecule has 16 heavy (non-hydrogen) atoms. The molecule has 2 aromatic rings. The molecule has 0 aliphatic rings. The number of hydrogen-bond acceptors (Lipinski definition) is 4. The minimum atomic E-state index is 0.676. The fourth-order valence-corrected chi connectivity index (χ4v) is 1.59. The van der Waals surface area contributed by atoms with Crippen molar-refractivity contribution < 1.29 is 4.42 Å². The van der Waals surface area contributed by atoms with Crippen LogP contribution < -0.4 is 10.6 Å². The molecule has 0 spiro atoms. The smallest absolute Gasteiger partial charge is 0.123 e. The van der Waals surface area contributed by atoms with Crippen LogP contribution in [0.25, 0.3) is 0 Å². The van der Waals surface area contributed by atoms with Crippen LogP contribution in [0.3, 0.4) is 0 Å². The number of nitrogens with two attached hydrogens (primary N) is 1. The van der Waals surface area contributed by atoms with Crippen LogP contribution in [0.2, 0.25) is 0 Å². The minimum Gasteiger partial charge on any atom is -0.467 e. The molecular weight excluding hydrogens is 202 g/mol. The molecule has 0 saturated heterocycles. The van der Waals surface area contributed by atoms with Crippen molar-refractivity contribution in [2.75, 3.05) is 17.2 Å². The van der Waals surface area contributed by atoms with Crippen LogP contribution in [0.4, 0.5) is 11.4 Å². The Hall–Kier alpha value is -1.97. The summed E-state index contributed by atoms with van der Waals surface area (Å²) in [7, 11) is 0. The Bertz CT molecular complexity index is 439. The standard InChI is InChI=1S/C12H15N3O/c1-2-15(9-12-4-3-5-16-12)11-6-10(13)7-14-8-11/h3-8H,2,9,13H2,1H3. The van der Waals surface area contributed by atoms with Gasteiger partial charge in [0, 0.05) is 12.7 Å². The maximum absolute atomic E-state index is 5.71. The van der Waals surface area contributed by atoms with E-state index in [2.05, 4.69) is 16.8 Å². The van der Waals surface area contributed by atoms with Crippen LogP contribution in [0.1, 0.15) is 12.7 Å². The molecule has 2 heterocycles. The van der Waals surface area contributed by atoms with Gasteiger partial charge in [-0.3, -0.25) is 4.98 Å². The van der Waals surface area contributed by atoms with Crippen molar-refractivity contribution >= 4 is 11.4 Å². The van der Waals surface area contributed by atoms with E-state index in [9.17, 15) is 0 Å². The van der Waals surface area contributed by atoms with Gasteiger partial charge in [0.1, 0.15) is 5.76 Å². The fourth-order valence-electron chi connectivity index (χ4n) is 1.59. The molecule has 0 saturated carbocycles. The third-order valence-electron chi connectivity index (χ3n) is 2.42. The molecule has 2 aromatic heterocycles. The van der Waals surface area contributed by atoms with Crippen LogP contribution in [0.5, 0.6) is 0 Å². The van der Waals surface area contributed by atoms with Crippen molar-refractivity contribution in [3.05, 3.63) is 42.6 Å². The molecule has 0 radical (unpaired) electrons. The van der Waals surface area contributed by atoms with Crippen molar-refractivity contribution in [2.24, 2.45) is 0 Å². The van der Waals surface area contributed by atoms with Gasteiger partial charge in [-0.15, -0.1) is 0 Å². The summed E-state index contributed by atoms with van der Waals surface area (Å²) in [5.74, 6) is 0.935. The lowest BCUT2D eigenvalue weighted by Crippen LogP contribution is -2.21. The molecule has 4 nitrogen and oxygen atoms in total. The summed E-state index contributed by atoms with van der Waals surface area (Å²) in [5, 5.41) is 0. The first-order valence-electron chi connectivity index (χ1n) is 5.27. The molecule has 0 bridgehead atoms. The second kappa shape index (κ2) is 4.70. The van der Waals surface area contributed by atoms with E-state index in [0.717, 1.165) is 24.5 Å². The van der Waals surface area contributed by atoms with Crippen LogP contribution in [0, 0.1) is 0 Å². The van der Waals surface area contributed by atoms with Gasteiger partial charge in [0.05, 0.1) is 30.4 Å². The SMILES string of the molecule is CCN(Cc1ccco1)c1cncc(N)c1. The molecule has 0 unspecified atom stereocenters. The molecule has 0 aliphatic heterocycles. The van der Waals surface area contributed by atoms with E-state index >= 15 is 0 Å². The maximum atomic E-state index is 5.71. The Morgan fingerprint density at radius 2 is 2.31 bits per heavy atom. The largest absolute Gasteiger partial charge is 0.467 e. The molecule has 0 fully saturated rings. The summed E-state index contributed by atoms with van der Waals surface area (Å²) in [5.41, 5.74) is 7.40. The van der Waals surface area contributed by atoms with Gasteiger partial charge in [-0.2, -0.15) is 0 Å². The highest BCUT2D eigenvalue weighted by atomic mass is 16.3. The van der Waals surface area contributed by atoms with Gasteiger partial charge in [-0.1, -0.05) is 0 Å². The van der Waals surface area contributed by atoms with Crippen molar-refractivity contribution in [2.45, 2.75) is 13.5 Å². The first-order valence-corrected chi connectivity index (χ1v) is 5.27. The molecule has 0 aliphatic carbocycles. The monoisotopic (exact) mass is 217 g/mol. The predicted octanol–water partition coefficient (Wildman–Crippen LogP) is 2.28. The highest BCUT2D eigenvalue weighted by Crippen LogP contribution is 2.18. The van der Waals surface area contributed by atoms with Gasteiger partial charge < -0.3 is 15.1 Å². The Morgan fingerprint density at radius 1 is 1.44 bits per heavy atom. The number of rotatable bonds is 4. The van der Waals surface area contributed by atoms with Gasteiger partial charge in [0.25, 0.3) is 0 Å². The zero-order valence-electron chi connectivity index (χ0n) is 9.26. The summed E-state index contributed by atoms with van der Waals surface area (Å²) in [6.45, 7) is 3.70. The van der Waals surface area contributed by atoms with E-state index in [0.29, 0.717) is 5.69 Å². The van der Waals surface area contributed by atoms with Crippen LogP contribution in [0.15, 0.2) is 41.3 Å². The average Bonchev–Trinajstić information content (AvgIpc) is 2.78. The number of nitrogens with zero attached hydrogens (tertiary/aromatic N) is 2. The van der Waals surface area contributed by atoms with Crippen LogP contribution >= 0.6 is 0 Å². The number of furan rings is 1. The Morgan fingerprint density at radius 3 is 2.94 bits per heavy atom. The van der Waals surface area contributed by atoms with E-state index in [1.54, 1.807) is 12.5 Å². The van der Waals surface area contributed by atoms with Crippen LogP contribution in [-0.2, 0) is 6.54 Å². The first-order chi connectivity index (χ1) is 7.79. The second-order valence-corrected chi connectivity index (χ2v) is 3.57. The molecular formula is C12H15N3O. The summed E-state index contributed by atoms with van der Waals surface area (Å²) in [6.07, 6.45) is 5.13. The number of hydrogen-bond donors (Lipinski definition) is 1. The fraction of sp³-hybridized carbons (Fsp3) is 0.250. The van der Waals surface area contributed by atoms with Gasteiger partial charge in [-0.05, 0) is 25.1 Å². The van der Waals surface area contributed by atoms with Crippen molar-refractivity contribution in [1.29, 1.82) is 0 Å². The minimum absolute atomic E-state index is 0.676. The summed E-state index contributed by atoms with van der Waals surface area (Å²) < 4.78 is 5.32. The molecule has 0 amide bonds. The van der Waals surface area contributed by atoms with Gasteiger partial charge in [0.2, 0.25) is 0 Å². The van der Waals surface area contributed by atoms with Crippen molar-refractivity contribution in [3.63, 3.8) is 0 Å².